The Kier molecular flexibility index (Phi) is 5.99. The fourth-order valence-corrected chi connectivity index (χ4v) is 2.46. The van der Waals surface area contributed by atoms with E-state index in [2.05, 4.69) is 0 Å². The molecule has 0 unspecified atom stereocenters. The van der Waals surface area contributed by atoms with Gasteiger partial charge in [0.05, 0.1) is 0 Å². The molecule has 0 fully saturated rings. The molecule has 14 heavy (non-hydrogen) atoms. The van der Waals surface area contributed by atoms with Crippen LogP contribution in [0.15, 0.2) is 0 Å². The molecule has 1 amide bonds. The molecule has 0 radical (unpaired) electrons. The molecular formula is C9H21NO3Si-. The predicted molar refractivity (Wildman–Crippen MR) is 58.4 cm³/mol. The van der Waals surface area contributed by atoms with Crippen molar-refractivity contribution in [2.75, 3.05) is 27.8 Å². The van der Waals surface area contributed by atoms with Crippen LogP contribution in [0.1, 0.15) is 13.3 Å². The van der Waals surface area contributed by atoms with Gasteiger partial charge in [0.2, 0.25) is 5.91 Å². The van der Waals surface area contributed by atoms with Gasteiger partial charge in [0.15, 0.2) is 0 Å². The van der Waals surface area contributed by atoms with Gasteiger partial charge in [-0.25, -0.2) is 0 Å². The minimum absolute atomic E-state index is 0.100. The number of amides is 1. The zero-order valence-corrected chi connectivity index (χ0v) is 10.8. The molecular weight excluding hydrogens is 198 g/mol. The smallest absolute Gasteiger partial charge is 0.219 e. The third-order valence-electron chi connectivity index (χ3n) is 2.53. The number of nitrogens with zero attached hydrogens (tertiary/aromatic N) is 1. The Bertz CT molecular complexity index is 183. The van der Waals surface area contributed by atoms with Gasteiger partial charge in [-0.2, -0.15) is 0 Å². The lowest BCUT2D eigenvalue weighted by Crippen LogP contribution is -2.37. The number of hydrogen-bond donors (Lipinski definition) is 0. The van der Waals surface area contributed by atoms with E-state index in [1.165, 1.54) is 0 Å². The van der Waals surface area contributed by atoms with Crippen molar-refractivity contribution in [1.29, 1.82) is 0 Å². The second-order valence-corrected chi connectivity index (χ2v) is 7.17. The summed E-state index contributed by atoms with van der Waals surface area (Å²) in [7, 11) is 3.24. The topological polar surface area (TPSA) is 38.8 Å². The SMILES string of the molecule is CO[Si-](C)(CCCN(C)C(C)=O)OC. The Labute approximate surface area is 87.4 Å². The Morgan fingerprint density at radius 3 is 2.21 bits per heavy atom. The van der Waals surface area contributed by atoms with Gasteiger partial charge >= 0.3 is 0 Å². The summed E-state index contributed by atoms with van der Waals surface area (Å²) < 4.78 is 10.7. The highest BCUT2D eigenvalue weighted by atomic mass is 28.4. The highest BCUT2D eigenvalue weighted by Crippen LogP contribution is 2.13. The zero-order chi connectivity index (χ0) is 11.2. The van der Waals surface area contributed by atoms with E-state index in [-0.39, 0.29) is 5.91 Å². The molecule has 0 heterocycles. The van der Waals surface area contributed by atoms with Crippen molar-refractivity contribution in [2.24, 2.45) is 0 Å². The Balaban J connectivity index is 3.77. The van der Waals surface area contributed by atoms with E-state index in [9.17, 15) is 4.79 Å². The summed E-state index contributed by atoms with van der Waals surface area (Å²) in [5, 5.41) is 0. The summed E-state index contributed by atoms with van der Waals surface area (Å²) in [4.78, 5) is 12.6. The molecule has 0 rings (SSSR count). The molecule has 0 aliphatic carbocycles. The number of carbonyl (C=O) groups is 1. The fourth-order valence-electron chi connectivity index (χ4n) is 1.08. The van der Waals surface area contributed by atoms with Gasteiger partial charge < -0.3 is 13.8 Å². The van der Waals surface area contributed by atoms with Crippen molar-refractivity contribution in [1.82, 2.24) is 4.90 Å². The van der Waals surface area contributed by atoms with Crippen molar-refractivity contribution < 1.29 is 13.6 Å². The minimum Gasteiger partial charge on any atom is -0.548 e. The molecule has 0 saturated heterocycles. The average Bonchev–Trinajstić information content (AvgIpc) is 2.17. The average molecular weight is 219 g/mol. The van der Waals surface area contributed by atoms with Crippen LogP contribution in [0.2, 0.25) is 12.6 Å². The highest BCUT2D eigenvalue weighted by molar-refractivity contribution is 6.65. The molecule has 0 aromatic carbocycles. The van der Waals surface area contributed by atoms with Crippen LogP contribution in [0.4, 0.5) is 0 Å². The van der Waals surface area contributed by atoms with Crippen LogP contribution in [0, 0.1) is 0 Å². The van der Waals surface area contributed by atoms with Gasteiger partial charge in [-0.1, -0.05) is 6.42 Å². The molecule has 0 N–H and O–H groups in total. The van der Waals surface area contributed by atoms with Crippen molar-refractivity contribution >= 4 is 14.5 Å². The Morgan fingerprint density at radius 1 is 1.36 bits per heavy atom. The lowest BCUT2D eigenvalue weighted by atomic mass is 10.4. The first-order chi connectivity index (χ1) is 6.45. The van der Waals surface area contributed by atoms with E-state index < -0.39 is 8.56 Å². The maximum absolute atomic E-state index is 10.9. The van der Waals surface area contributed by atoms with Crippen LogP contribution in [0.5, 0.6) is 0 Å². The maximum atomic E-state index is 10.9. The number of hydrogen-bond acceptors (Lipinski definition) is 3. The van der Waals surface area contributed by atoms with Gasteiger partial charge in [0.1, 0.15) is 8.56 Å². The van der Waals surface area contributed by atoms with Gasteiger partial charge in [0.25, 0.3) is 0 Å². The summed E-state index contributed by atoms with van der Waals surface area (Å²) in [6, 6.07) is 0.914. The van der Waals surface area contributed by atoms with E-state index in [4.69, 9.17) is 8.85 Å². The summed E-state index contributed by atoms with van der Waals surface area (Å²) >= 11 is 0. The highest BCUT2D eigenvalue weighted by Gasteiger charge is 2.14. The first kappa shape index (κ1) is 13.6. The van der Waals surface area contributed by atoms with Gasteiger partial charge in [-0.05, 0) is 14.2 Å². The first-order valence-corrected chi connectivity index (χ1v) is 7.29. The van der Waals surface area contributed by atoms with Crippen molar-refractivity contribution in [3.8, 4) is 0 Å². The third kappa shape index (κ3) is 4.73. The van der Waals surface area contributed by atoms with Crippen molar-refractivity contribution in [3.63, 3.8) is 0 Å². The number of carbonyl (C=O) groups excluding carboxylic acids is 1. The van der Waals surface area contributed by atoms with Crippen molar-refractivity contribution in [2.45, 2.75) is 25.9 Å². The summed E-state index contributed by atoms with van der Waals surface area (Å²) in [5.74, 6) is 0.100. The van der Waals surface area contributed by atoms with E-state index in [1.807, 2.05) is 6.55 Å². The quantitative estimate of drug-likeness (QED) is 0.631. The molecule has 0 aromatic rings. The molecule has 0 atom stereocenters. The predicted octanol–water partition coefficient (Wildman–Crippen LogP) is 1.22. The van der Waals surface area contributed by atoms with Crippen LogP contribution < -0.4 is 0 Å². The van der Waals surface area contributed by atoms with E-state index >= 15 is 0 Å². The fraction of sp³-hybridized carbons (Fsp3) is 0.889. The zero-order valence-electron chi connectivity index (χ0n) is 9.79. The van der Waals surface area contributed by atoms with Crippen LogP contribution >= 0.6 is 0 Å². The summed E-state index contributed by atoms with van der Waals surface area (Å²) in [6.07, 6.45) is 0.931. The Morgan fingerprint density at radius 2 is 1.86 bits per heavy atom. The molecule has 0 spiro atoms. The molecule has 0 bridgehead atoms. The second-order valence-electron chi connectivity index (χ2n) is 3.59. The van der Waals surface area contributed by atoms with Gasteiger partial charge in [-0.15, -0.1) is 12.6 Å². The van der Waals surface area contributed by atoms with Crippen LogP contribution in [-0.2, 0) is 13.6 Å². The van der Waals surface area contributed by atoms with Crippen LogP contribution in [0.3, 0.4) is 0 Å². The number of rotatable bonds is 6. The van der Waals surface area contributed by atoms with Gasteiger partial charge in [0, 0.05) is 20.5 Å². The molecule has 0 aliphatic rings. The third-order valence-corrected chi connectivity index (χ3v) is 5.51. The normalized spacial score (nSPS) is 11.5. The lowest BCUT2D eigenvalue weighted by Gasteiger charge is -2.36. The molecule has 0 aliphatic heterocycles. The van der Waals surface area contributed by atoms with Gasteiger partial charge in [-0.3, -0.25) is 4.79 Å². The molecule has 0 aromatic heterocycles. The lowest BCUT2D eigenvalue weighted by molar-refractivity contribution is -0.127. The van der Waals surface area contributed by atoms with E-state index in [0.29, 0.717) is 0 Å². The molecule has 5 heteroatoms. The maximum Gasteiger partial charge on any atom is 0.219 e. The first-order valence-electron chi connectivity index (χ1n) is 4.77. The standard InChI is InChI=1S/C9H21NO3Si/c1-9(11)10(2)7-6-8-14(5,12-3)13-4/h6-8H2,1-5H3/q-1. The molecule has 4 nitrogen and oxygen atoms in total. The van der Waals surface area contributed by atoms with Crippen LogP contribution in [-0.4, -0.2) is 47.2 Å². The Hall–Kier alpha value is -0.393. The molecule has 0 saturated carbocycles. The van der Waals surface area contributed by atoms with Crippen molar-refractivity contribution in [3.05, 3.63) is 0 Å². The van der Waals surface area contributed by atoms with Crippen LogP contribution in [0.25, 0.3) is 0 Å². The summed E-state index contributed by atoms with van der Waals surface area (Å²) in [6.45, 7) is 4.37. The summed E-state index contributed by atoms with van der Waals surface area (Å²) in [5.41, 5.74) is 0. The van der Waals surface area contributed by atoms with E-state index in [1.54, 1.807) is 33.1 Å². The molecule has 85 valence electrons. The minimum atomic E-state index is -1.94. The monoisotopic (exact) mass is 219 g/mol. The second kappa shape index (κ2) is 6.16. The van der Waals surface area contributed by atoms with E-state index in [0.717, 1.165) is 19.0 Å². The largest absolute Gasteiger partial charge is 0.548 e.